The van der Waals surface area contributed by atoms with E-state index in [0.717, 1.165) is 27.0 Å². The number of halogens is 1. The van der Waals surface area contributed by atoms with E-state index < -0.39 is 4.92 Å². The molecule has 5 nitrogen and oxygen atoms in total. The zero-order valence-electron chi connectivity index (χ0n) is 15.7. The first-order valence-electron chi connectivity index (χ1n) is 8.88. The zero-order valence-corrected chi connectivity index (χ0v) is 17.3. The Morgan fingerprint density at radius 1 is 1.04 bits per heavy atom. The summed E-state index contributed by atoms with van der Waals surface area (Å²) in [6, 6.07) is 18.6. The number of nitrogens with zero attached hydrogens (tertiary/aromatic N) is 1. The molecule has 0 saturated carbocycles. The van der Waals surface area contributed by atoms with E-state index in [1.807, 2.05) is 18.2 Å². The highest BCUT2D eigenvalue weighted by Gasteiger charge is 2.08. The minimum absolute atomic E-state index is 0.0748. The van der Waals surface area contributed by atoms with Gasteiger partial charge in [0.15, 0.2) is 0 Å². The maximum absolute atomic E-state index is 10.8. The van der Waals surface area contributed by atoms with E-state index in [1.54, 1.807) is 12.1 Å². The van der Waals surface area contributed by atoms with Gasteiger partial charge in [0, 0.05) is 34.4 Å². The Hall–Kier alpha value is -2.86. The van der Waals surface area contributed by atoms with E-state index in [0.29, 0.717) is 13.2 Å². The molecule has 0 spiro atoms. The molecule has 3 aromatic rings. The molecule has 1 N–H and O–H groups in total. The van der Waals surface area contributed by atoms with Crippen LogP contribution in [-0.2, 0) is 13.2 Å². The van der Waals surface area contributed by atoms with E-state index in [2.05, 4.69) is 53.3 Å². The standard InChI is InChI=1S/C22H21BrN2O3/c1-15-3-9-21(16(2)11-15)24-13-18-12-19(23)6-10-22(18)28-14-17-4-7-20(8-5-17)25(26)27/h3-12,24H,13-14H2,1-2H3. The van der Waals surface area contributed by atoms with E-state index >= 15 is 0 Å². The Bertz CT molecular complexity index is 988. The molecule has 0 aromatic heterocycles. The number of ether oxygens (including phenoxy) is 1. The molecule has 0 bridgehead atoms. The molecule has 3 rings (SSSR count). The summed E-state index contributed by atoms with van der Waals surface area (Å²) in [7, 11) is 0. The molecule has 0 aliphatic carbocycles. The largest absolute Gasteiger partial charge is 0.489 e. The molecule has 6 heteroatoms. The van der Waals surface area contributed by atoms with Crippen LogP contribution in [0.15, 0.2) is 65.1 Å². The second-order valence-electron chi connectivity index (χ2n) is 6.64. The van der Waals surface area contributed by atoms with Crippen LogP contribution in [0.3, 0.4) is 0 Å². The summed E-state index contributed by atoms with van der Waals surface area (Å²) >= 11 is 3.52. The molecule has 144 valence electrons. The number of benzene rings is 3. The third kappa shape index (κ3) is 5.10. The number of aryl methyl sites for hydroxylation is 2. The lowest BCUT2D eigenvalue weighted by Crippen LogP contribution is -2.05. The van der Waals surface area contributed by atoms with Crippen LogP contribution in [-0.4, -0.2) is 4.92 Å². The van der Waals surface area contributed by atoms with Crippen molar-refractivity contribution in [2.24, 2.45) is 0 Å². The van der Waals surface area contributed by atoms with Gasteiger partial charge in [-0.25, -0.2) is 0 Å². The average molecular weight is 441 g/mol. The van der Waals surface area contributed by atoms with Gasteiger partial charge in [0.1, 0.15) is 12.4 Å². The Kier molecular flexibility index (Phi) is 6.31. The van der Waals surface area contributed by atoms with Crippen molar-refractivity contribution in [3.8, 4) is 5.75 Å². The van der Waals surface area contributed by atoms with E-state index in [4.69, 9.17) is 4.74 Å². The zero-order chi connectivity index (χ0) is 20.1. The van der Waals surface area contributed by atoms with Crippen molar-refractivity contribution in [1.82, 2.24) is 0 Å². The second-order valence-corrected chi connectivity index (χ2v) is 7.55. The lowest BCUT2D eigenvalue weighted by atomic mass is 10.1. The van der Waals surface area contributed by atoms with Gasteiger partial charge in [0.25, 0.3) is 5.69 Å². The van der Waals surface area contributed by atoms with Gasteiger partial charge >= 0.3 is 0 Å². The minimum atomic E-state index is -0.407. The molecule has 0 atom stereocenters. The van der Waals surface area contributed by atoms with Gasteiger partial charge in [-0.05, 0) is 61.4 Å². The summed E-state index contributed by atoms with van der Waals surface area (Å²) in [6.45, 7) is 5.13. The SMILES string of the molecule is Cc1ccc(NCc2cc(Br)ccc2OCc2ccc([N+](=O)[O-])cc2)c(C)c1. The first-order valence-corrected chi connectivity index (χ1v) is 9.67. The van der Waals surface area contributed by atoms with Crippen molar-refractivity contribution < 1.29 is 9.66 Å². The third-order valence-electron chi connectivity index (χ3n) is 4.42. The van der Waals surface area contributed by atoms with E-state index in [-0.39, 0.29) is 5.69 Å². The van der Waals surface area contributed by atoms with Crippen molar-refractivity contribution in [3.63, 3.8) is 0 Å². The average Bonchev–Trinajstić information content (AvgIpc) is 2.67. The molecule has 0 amide bonds. The number of nitrogens with one attached hydrogen (secondary N) is 1. The van der Waals surface area contributed by atoms with Gasteiger partial charge in [0.2, 0.25) is 0 Å². The predicted octanol–water partition coefficient (Wildman–Crippen LogP) is 6.17. The molecule has 0 heterocycles. The van der Waals surface area contributed by atoms with Crippen molar-refractivity contribution in [2.45, 2.75) is 27.0 Å². The first kappa shape index (κ1) is 19.9. The predicted molar refractivity (Wildman–Crippen MR) is 115 cm³/mol. The smallest absolute Gasteiger partial charge is 0.269 e. The highest BCUT2D eigenvalue weighted by atomic mass is 79.9. The van der Waals surface area contributed by atoms with Crippen molar-refractivity contribution in [3.05, 3.63) is 97.5 Å². The van der Waals surface area contributed by atoms with Crippen LogP contribution in [0.25, 0.3) is 0 Å². The number of nitro benzene ring substituents is 1. The van der Waals surface area contributed by atoms with Gasteiger partial charge in [-0.1, -0.05) is 33.6 Å². The maximum atomic E-state index is 10.8. The first-order chi connectivity index (χ1) is 13.4. The van der Waals surface area contributed by atoms with Crippen LogP contribution in [0.2, 0.25) is 0 Å². The number of anilines is 1. The molecule has 0 fully saturated rings. The fourth-order valence-electron chi connectivity index (χ4n) is 2.90. The molecule has 0 radical (unpaired) electrons. The lowest BCUT2D eigenvalue weighted by molar-refractivity contribution is -0.384. The molecule has 0 unspecified atom stereocenters. The summed E-state index contributed by atoms with van der Waals surface area (Å²) in [6.07, 6.45) is 0. The van der Waals surface area contributed by atoms with Crippen LogP contribution in [0.4, 0.5) is 11.4 Å². The number of rotatable bonds is 7. The van der Waals surface area contributed by atoms with Gasteiger partial charge in [-0.3, -0.25) is 10.1 Å². The van der Waals surface area contributed by atoms with Gasteiger partial charge in [-0.2, -0.15) is 0 Å². The lowest BCUT2D eigenvalue weighted by Gasteiger charge is -2.15. The monoisotopic (exact) mass is 440 g/mol. The van der Waals surface area contributed by atoms with Crippen LogP contribution in [0.1, 0.15) is 22.3 Å². The highest BCUT2D eigenvalue weighted by molar-refractivity contribution is 9.10. The normalized spacial score (nSPS) is 10.5. The van der Waals surface area contributed by atoms with Gasteiger partial charge < -0.3 is 10.1 Å². The van der Waals surface area contributed by atoms with Crippen LogP contribution in [0.5, 0.6) is 5.75 Å². The molecule has 0 saturated heterocycles. The Balaban J connectivity index is 1.70. The van der Waals surface area contributed by atoms with Crippen molar-refractivity contribution >= 4 is 27.3 Å². The summed E-state index contributed by atoms with van der Waals surface area (Å²) in [5.74, 6) is 0.777. The Morgan fingerprint density at radius 2 is 1.79 bits per heavy atom. The number of nitro groups is 1. The van der Waals surface area contributed by atoms with Crippen molar-refractivity contribution in [2.75, 3.05) is 5.32 Å². The Labute approximate surface area is 172 Å². The number of hydrogen-bond donors (Lipinski definition) is 1. The molecule has 28 heavy (non-hydrogen) atoms. The summed E-state index contributed by atoms with van der Waals surface area (Å²) < 4.78 is 6.96. The molecule has 0 aliphatic heterocycles. The highest BCUT2D eigenvalue weighted by Crippen LogP contribution is 2.26. The van der Waals surface area contributed by atoms with Crippen molar-refractivity contribution in [1.29, 1.82) is 0 Å². The molecule has 3 aromatic carbocycles. The fraction of sp³-hybridized carbons (Fsp3) is 0.182. The second kappa shape index (κ2) is 8.89. The molecule has 0 aliphatic rings. The third-order valence-corrected chi connectivity index (χ3v) is 4.91. The summed E-state index contributed by atoms with van der Waals surface area (Å²) in [5.41, 5.74) is 5.50. The van der Waals surface area contributed by atoms with Gasteiger partial charge in [-0.15, -0.1) is 0 Å². The van der Waals surface area contributed by atoms with E-state index in [9.17, 15) is 10.1 Å². The minimum Gasteiger partial charge on any atom is -0.489 e. The molecular weight excluding hydrogens is 420 g/mol. The van der Waals surface area contributed by atoms with Crippen LogP contribution >= 0.6 is 15.9 Å². The topological polar surface area (TPSA) is 64.4 Å². The molecular formula is C22H21BrN2O3. The summed E-state index contributed by atoms with van der Waals surface area (Å²) in [5, 5.41) is 14.2. The number of non-ortho nitro benzene ring substituents is 1. The Morgan fingerprint density at radius 3 is 2.46 bits per heavy atom. The van der Waals surface area contributed by atoms with Crippen LogP contribution < -0.4 is 10.1 Å². The maximum Gasteiger partial charge on any atom is 0.269 e. The quantitative estimate of drug-likeness (QED) is 0.352. The van der Waals surface area contributed by atoms with Gasteiger partial charge in [0.05, 0.1) is 4.92 Å². The van der Waals surface area contributed by atoms with Crippen LogP contribution in [0, 0.1) is 24.0 Å². The summed E-state index contributed by atoms with van der Waals surface area (Å²) in [4.78, 5) is 10.4. The number of hydrogen-bond acceptors (Lipinski definition) is 4. The van der Waals surface area contributed by atoms with E-state index in [1.165, 1.54) is 23.3 Å². The fourth-order valence-corrected chi connectivity index (χ4v) is 3.31.